The van der Waals surface area contributed by atoms with E-state index in [1.54, 1.807) is 4.40 Å². The summed E-state index contributed by atoms with van der Waals surface area (Å²) < 4.78 is 1.76. The molecule has 4 heteroatoms. The first-order valence-corrected chi connectivity index (χ1v) is 4.91. The number of imidazole rings is 1. The fourth-order valence-electron chi connectivity index (χ4n) is 1.71. The molecular weight excluding hydrogens is 190 g/mol. The number of amides is 1. The number of hydrogen-bond acceptors (Lipinski definition) is 2. The van der Waals surface area contributed by atoms with Crippen molar-refractivity contribution in [2.75, 3.05) is 0 Å². The van der Waals surface area contributed by atoms with E-state index in [0.717, 1.165) is 16.9 Å². The Bertz CT molecular complexity index is 528. The lowest BCUT2D eigenvalue weighted by atomic mass is 10.2. The summed E-state index contributed by atoms with van der Waals surface area (Å²) in [5, 5.41) is 0. The van der Waals surface area contributed by atoms with Crippen LogP contribution in [0.4, 0.5) is 0 Å². The molecule has 0 aliphatic rings. The van der Waals surface area contributed by atoms with Crippen molar-refractivity contribution in [1.29, 1.82) is 0 Å². The summed E-state index contributed by atoms with van der Waals surface area (Å²) in [5.41, 5.74) is 8.45. The summed E-state index contributed by atoms with van der Waals surface area (Å²) in [6.45, 7) is 3.93. The normalized spacial score (nSPS) is 10.8. The van der Waals surface area contributed by atoms with Crippen LogP contribution >= 0.6 is 0 Å². The molecule has 15 heavy (non-hydrogen) atoms. The maximum atomic E-state index is 11.3. The van der Waals surface area contributed by atoms with Gasteiger partial charge < -0.3 is 5.73 Å². The van der Waals surface area contributed by atoms with Gasteiger partial charge in [-0.2, -0.15) is 0 Å². The van der Waals surface area contributed by atoms with Crippen molar-refractivity contribution in [2.24, 2.45) is 5.73 Å². The number of hydrogen-bond donors (Lipinski definition) is 1. The number of nitrogens with zero attached hydrogens (tertiary/aromatic N) is 2. The highest BCUT2D eigenvalue weighted by Gasteiger charge is 2.14. The predicted molar refractivity (Wildman–Crippen MR) is 57.8 cm³/mol. The fourth-order valence-corrected chi connectivity index (χ4v) is 1.71. The molecule has 0 bridgehead atoms. The highest BCUT2D eigenvalue weighted by atomic mass is 16.1. The van der Waals surface area contributed by atoms with Gasteiger partial charge in [-0.15, -0.1) is 0 Å². The predicted octanol–water partition coefficient (Wildman–Crippen LogP) is 1.30. The van der Waals surface area contributed by atoms with E-state index in [4.69, 9.17) is 5.73 Å². The Balaban J connectivity index is 2.82. The molecular formula is C11H13N3O. The van der Waals surface area contributed by atoms with E-state index in [0.29, 0.717) is 12.1 Å². The molecule has 4 nitrogen and oxygen atoms in total. The van der Waals surface area contributed by atoms with Crippen LogP contribution in [0.5, 0.6) is 0 Å². The minimum absolute atomic E-state index is 0.426. The van der Waals surface area contributed by atoms with Gasteiger partial charge in [0.15, 0.2) is 0 Å². The van der Waals surface area contributed by atoms with Crippen molar-refractivity contribution >= 4 is 11.6 Å². The lowest BCUT2D eigenvalue weighted by molar-refractivity contribution is 0.0994. The molecule has 2 N–H and O–H groups in total. The van der Waals surface area contributed by atoms with Gasteiger partial charge in [0.2, 0.25) is 0 Å². The first kappa shape index (κ1) is 9.71. The van der Waals surface area contributed by atoms with Crippen LogP contribution in [-0.2, 0) is 6.42 Å². The van der Waals surface area contributed by atoms with Crippen LogP contribution in [0, 0.1) is 6.92 Å². The van der Waals surface area contributed by atoms with Crippen molar-refractivity contribution in [3.8, 4) is 0 Å². The summed E-state index contributed by atoms with van der Waals surface area (Å²) in [5.74, 6) is -0.426. The van der Waals surface area contributed by atoms with E-state index in [1.807, 2.05) is 32.2 Å². The van der Waals surface area contributed by atoms with Gasteiger partial charge in [0.1, 0.15) is 11.3 Å². The monoisotopic (exact) mass is 203 g/mol. The molecule has 0 aromatic carbocycles. The summed E-state index contributed by atoms with van der Waals surface area (Å²) in [4.78, 5) is 15.7. The molecule has 2 heterocycles. The van der Waals surface area contributed by atoms with Gasteiger partial charge in [-0.3, -0.25) is 9.20 Å². The van der Waals surface area contributed by atoms with E-state index >= 15 is 0 Å². The molecule has 0 saturated heterocycles. The molecule has 1 amide bonds. The molecule has 2 aromatic rings. The summed E-state index contributed by atoms with van der Waals surface area (Å²) in [6, 6.07) is 3.85. The van der Waals surface area contributed by atoms with E-state index in [-0.39, 0.29) is 0 Å². The first-order chi connectivity index (χ1) is 7.13. The Morgan fingerprint density at radius 3 is 2.87 bits per heavy atom. The van der Waals surface area contributed by atoms with Crippen LogP contribution in [0.15, 0.2) is 18.3 Å². The second-order valence-corrected chi connectivity index (χ2v) is 3.56. The highest BCUT2D eigenvalue weighted by Crippen LogP contribution is 2.14. The molecule has 78 valence electrons. The number of pyridine rings is 1. The van der Waals surface area contributed by atoms with Crippen LogP contribution in [0.3, 0.4) is 0 Å². The third-order valence-corrected chi connectivity index (χ3v) is 2.41. The quantitative estimate of drug-likeness (QED) is 0.799. The van der Waals surface area contributed by atoms with Crippen molar-refractivity contribution in [2.45, 2.75) is 20.3 Å². The van der Waals surface area contributed by atoms with Gasteiger partial charge in [0.05, 0.1) is 5.69 Å². The Morgan fingerprint density at radius 2 is 2.27 bits per heavy atom. The lowest BCUT2D eigenvalue weighted by Crippen LogP contribution is -2.15. The second kappa shape index (κ2) is 3.38. The zero-order valence-electron chi connectivity index (χ0n) is 8.82. The average molecular weight is 203 g/mol. The highest BCUT2D eigenvalue weighted by molar-refractivity contribution is 5.93. The van der Waals surface area contributed by atoms with Crippen LogP contribution in [-0.4, -0.2) is 15.3 Å². The Hall–Kier alpha value is -1.84. The molecule has 2 aromatic heterocycles. The fraction of sp³-hybridized carbons (Fsp3) is 0.273. The number of aryl methyl sites for hydroxylation is 2. The Morgan fingerprint density at radius 1 is 1.53 bits per heavy atom. The van der Waals surface area contributed by atoms with Crippen LogP contribution in [0.25, 0.3) is 5.65 Å². The molecule has 0 fully saturated rings. The maximum Gasteiger partial charge on any atom is 0.267 e. The van der Waals surface area contributed by atoms with E-state index in [2.05, 4.69) is 4.98 Å². The molecule has 0 aliphatic carbocycles. The molecule has 0 atom stereocenters. The van der Waals surface area contributed by atoms with Gasteiger partial charge in [0, 0.05) is 6.20 Å². The smallest absolute Gasteiger partial charge is 0.267 e. The summed E-state index contributed by atoms with van der Waals surface area (Å²) in [7, 11) is 0. The van der Waals surface area contributed by atoms with Gasteiger partial charge in [-0.1, -0.05) is 13.0 Å². The Kier molecular flexibility index (Phi) is 2.19. The van der Waals surface area contributed by atoms with Crippen molar-refractivity contribution in [1.82, 2.24) is 9.38 Å². The van der Waals surface area contributed by atoms with Gasteiger partial charge >= 0.3 is 0 Å². The van der Waals surface area contributed by atoms with E-state index < -0.39 is 5.91 Å². The third-order valence-electron chi connectivity index (χ3n) is 2.41. The number of nitrogens with two attached hydrogens (primary N) is 1. The van der Waals surface area contributed by atoms with E-state index in [9.17, 15) is 4.79 Å². The molecule has 0 saturated carbocycles. The average Bonchev–Trinajstić information content (AvgIpc) is 2.55. The zero-order chi connectivity index (χ0) is 11.0. The van der Waals surface area contributed by atoms with E-state index in [1.165, 1.54) is 0 Å². The lowest BCUT2D eigenvalue weighted by Gasteiger charge is -1.99. The Labute approximate surface area is 87.7 Å². The van der Waals surface area contributed by atoms with Crippen LogP contribution in [0.2, 0.25) is 0 Å². The van der Waals surface area contributed by atoms with Crippen molar-refractivity contribution < 1.29 is 4.79 Å². The second-order valence-electron chi connectivity index (χ2n) is 3.56. The molecule has 0 unspecified atom stereocenters. The number of fused-ring (bicyclic) bond motifs is 1. The molecule has 0 aliphatic heterocycles. The van der Waals surface area contributed by atoms with Crippen LogP contribution < -0.4 is 5.73 Å². The SMILES string of the molecule is CCc1nc2ccc(C)cn2c1C(N)=O. The summed E-state index contributed by atoms with van der Waals surface area (Å²) in [6.07, 6.45) is 2.58. The minimum Gasteiger partial charge on any atom is -0.364 e. The van der Waals surface area contributed by atoms with Crippen LogP contribution in [0.1, 0.15) is 28.7 Å². The first-order valence-electron chi connectivity index (χ1n) is 4.91. The molecule has 0 radical (unpaired) electrons. The van der Waals surface area contributed by atoms with Gasteiger partial charge in [-0.25, -0.2) is 4.98 Å². The largest absolute Gasteiger partial charge is 0.364 e. The number of aromatic nitrogens is 2. The topological polar surface area (TPSA) is 60.4 Å². The number of rotatable bonds is 2. The number of primary amides is 1. The minimum atomic E-state index is -0.426. The molecule has 0 spiro atoms. The van der Waals surface area contributed by atoms with Gasteiger partial charge in [-0.05, 0) is 25.0 Å². The number of carbonyl (C=O) groups is 1. The standard InChI is InChI=1S/C11H13N3O/c1-3-8-10(11(12)15)14-6-7(2)4-5-9(14)13-8/h4-6H,3H2,1-2H3,(H2,12,15). The summed E-state index contributed by atoms with van der Waals surface area (Å²) >= 11 is 0. The maximum absolute atomic E-state index is 11.3. The number of carbonyl (C=O) groups excluding carboxylic acids is 1. The van der Waals surface area contributed by atoms with Gasteiger partial charge in [0.25, 0.3) is 5.91 Å². The zero-order valence-corrected chi connectivity index (χ0v) is 8.82. The third kappa shape index (κ3) is 1.48. The van der Waals surface area contributed by atoms with Crippen molar-refractivity contribution in [3.63, 3.8) is 0 Å². The van der Waals surface area contributed by atoms with Crippen molar-refractivity contribution in [3.05, 3.63) is 35.3 Å². The molecule has 2 rings (SSSR count).